The Morgan fingerprint density at radius 2 is 1.83 bits per heavy atom. The smallest absolute Gasteiger partial charge is 0.392 e. The first kappa shape index (κ1) is 24.6. The van der Waals surface area contributed by atoms with Crippen LogP contribution in [0.2, 0.25) is 0 Å². The molecule has 0 saturated heterocycles. The average molecular weight is 492 g/mol. The van der Waals surface area contributed by atoms with Gasteiger partial charge >= 0.3 is 23.4 Å². The van der Waals surface area contributed by atoms with E-state index in [1.807, 2.05) is 53.9 Å². The minimum atomic E-state index is -0.669. The fourth-order valence-corrected chi connectivity index (χ4v) is 3.98. The Labute approximate surface area is 207 Å². The third-order valence-electron chi connectivity index (χ3n) is 5.34. The quantitative estimate of drug-likeness (QED) is 0.191. The molecule has 0 aliphatic heterocycles. The third-order valence-corrected chi connectivity index (χ3v) is 5.34. The second-order valence-electron chi connectivity index (χ2n) is 8.03. The average Bonchev–Trinajstić information content (AvgIpc) is 3.16. The van der Waals surface area contributed by atoms with Gasteiger partial charge in [0, 0.05) is 17.6 Å². The number of benzene rings is 2. The van der Waals surface area contributed by atoms with E-state index in [2.05, 4.69) is 9.97 Å². The SMILES string of the molecule is CCOC(=O)c1c(CN(C)C)n(-c2ccccc2)c2ccc(Oc3ncnc(OC)c3[N+](=O)[O-])cc12. The highest BCUT2D eigenvalue weighted by molar-refractivity contribution is 6.07. The molecule has 0 atom stereocenters. The minimum absolute atomic E-state index is 0.210. The van der Waals surface area contributed by atoms with Gasteiger partial charge in [-0.15, -0.1) is 0 Å². The van der Waals surface area contributed by atoms with Gasteiger partial charge in [-0.25, -0.2) is 4.79 Å². The van der Waals surface area contributed by atoms with Crippen molar-refractivity contribution in [1.29, 1.82) is 0 Å². The molecule has 4 aromatic rings. The van der Waals surface area contributed by atoms with Gasteiger partial charge in [0.25, 0.3) is 0 Å². The van der Waals surface area contributed by atoms with Crippen molar-refractivity contribution < 1.29 is 23.9 Å². The van der Waals surface area contributed by atoms with Gasteiger partial charge in [0.15, 0.2) is 0 Å². The van der Waals surface area contributed by atoms with Gasteiger partial charge < -0.3 is 23.7 Å². The van der Waals surface area contributed by atoms with E-state index >= 15 is 0 Å². The molecule has 2 aromatic carbocycles. The van der Waals surface area contributed by atoms with E-state index in [-0.39, 0.29) is 24.1 Å². The topological polar surface area (TPSA) is 122 Å². The maximum atomic E-state index is 13.2. The molecule has 11 nitrogen and oxygen atoms in total. The number of para-hydroxylation sites is 1. The molecular weight excluding hydrogens is 466 g/mol. The normalized spacial score (nSPS) is 11.0. The molecule has 36 heavy (non-hydrogen) atoms. The summed E-state index contributed by atoms with van der Waals surface area (Å²) >= 11 is 0. The maximum absolute atomic E-state index is 13.2. The molecule has 0 bridgehead atoms. The highest BCUT2D eigenvalue weighted by Gasteiger charge is 2.28. The van der Waals surface area contributed by atoms with Crippen LogP contribution >= 0.6 is 0 Å². The van der Waals surface area contributed by atoms with Crippen LogP contribution in [0.15, 0.2) is 54.9 Å². The molecule has 0 N–H and O–H groups in total. The van der Waals surface area contributed by atoms with Gasteiger partial charge in [0.2, 0.25) is 0 Å². The predicted molar refractivity (Wildman–Crippen MR) is 132 cm³/mol. The van der Waals surface area contributed by atoms with Crippen molar-refractivity contribution in [2.75, 3.05) is 27.8 Å². The molecule has 0 unspecified atom stereocenters. The van der Waals surface area contributed by atoms with E-state index in [1.54, 1.807) is 25.1 Å². The van der Waals surface area contributed by atoms with Crippen molar-refractivity contribution >= 4 is 22.6 Å². The zero-order chi connectivity index (χ0) is 25.8. The summed E-state index contributed by atoms with van der Waals surface area (Å²) in [4.78, 5) is 33.8. The Morgan fingerprint density at radius 1 is 1.11 bits per heavy atom. The van der Waals surface area contributed by atoms with E-state index < -0.39 is 16.6 Å². The molecule has 0 saturated carbocycles. The lowest BCUT2D eigenvalue weighted by molar-refractivity contribution is -0.387. The van der Waals surface area contributed by atoms with Gasteiger partial charge in [-0.1, -0.05) is 18.2 Å². The van der Waals surface area contributed by atoms with Crippen molar-refractivity contribution in [3.8, 4) is 23.2 Å². The summed E-state index contributed by atoms with van der Waals surface area (Å²) < 4.78 is 18.2. The number of fused-ring (bicyclic) bond motifs is 1. The predicted octanol–water partition coefficient (Wildman–Crippen LogP) is 4.37. The summed E-state index contributed by atoms with van der Waals surface area (Å²) in [6, 6.07) is 14.8. The molecule has 0 spiro atoms. The fraction of sp³-hybridized carbons (Fsp3) is 0.240. The molecule has 0 aliphatic rings. The Kier molecular flexibility index (Phi) is 7.11. The van der Waals surface area contributed by atoms with Crippen LogP contribution in [0.25, 0.3) is 16.6 Å². The zero-order valence-electron chi connectivity index (χ0n) is 20.3. The van der Waals surface area contributed by atoms with Gasteiger partial charge in [-0.2, -0.15) is 9.97 Å². The van der Waals surface area contributed by atoms with Crippen LogP contribution in [0.3, 0.4) is 0 Å². The van der Waals surface area contributed by atoms with E-state index in [9.17, 15) is 14.9 Å². The molecule has 0 aliphatic carbocycles. The van der Waals surface area contributed by atoms with E-state index in [0.29, 0.717) is 17.5 Å². The standard InChI is InChI=1S/C25H25N5O6/c1-5-35-25(31)21-18-13-17(36-24-22(30(32)33)23(34-4)26-15-27-24)11-12-19(18)29(20(21)14-28(2)3)16-9-7-6-8-10-16/h6-13,15H,5,14H2,1-4H3. The third kappa shape index (κ3) is 4.68. The lowest BCUT2D eigenvalue weighted by atomic mass is 10.1. The second kappa shape index (κ2) is 10.4. The number of carbonyl (C=O) groups excluding carboxylic acids is 1. The van der Waals surface area contributed by atoms with Crippen molar-refractivity contribution in [3.05, 3.63) is 76.2 Å². The summed E-state index contributed by atoms with van der Waals surface area (Å²) in [5.74, 6) is -0.721. The minimum Gasteiger partial charge on any atom is -0.476 e. The highest BCUT2D eigenvalue weighted by atomic mass is 16.6. The number of hydrogen-bond donors (Lipinski definition) is 0. The Balaban J connectivity index is 1.94. The molecule has 2 aromatic heterocycles. The summed E-state index contributed by atoms with van der Waals surface area (Å²) in [6.45, 7) is 2.42. The van der Waals surface area contributed by atoms with Crippen LogP contribution in [0.1, 0.15) is 23.0 Å². The van der Waals surface area contributed by atoms with Crippen LogP contribution in [0.5, 0.6) is 17.5 Å². The first-order chi connectivity index (χ1) is 17.3. The first-order valence-electron chi connectivity index (χ1n) is 11.1. The molecule has 0 radical (unpaired) electrons. The summed E-state index contributed by atoms with van der Waals surface area (Å²) in [5.41, 5.74) is 2.26. The van der Waals surface area contributed by atoms with Crippen LogP contribution in [0.4, 0.5) is 5.69 Å². The van der Waals surface area contributed by atoms with E-state index in [0.717, 1.165) is 23.2 Å². The number of carbonyl (C=O) groups is 1. The molecular formula is C25H25N5O6. The number of nitrogens with zero attached hydrogens (tertiary/aromatic N) is 5. The van der Waals surface area contributed by atoms with Gasteiger partial charge in [-0.3, -0.25) is 10.1 Å². The van der Waals surface area contributed by atoms with Crippen molar-refractivity contribution in [1.82, 2.24) is 19.4 Å². The number of nitro groups is 1. The molecule has 2 heterocycles. The van der Waals surface area contributed by atoms with Crippen molar-refractivity contribution in [3.63, 3.8) is 0 Å². The number of rotatable bonds is 9. The number of ether oxygens (including phenoxy) is 3. The largest absolute Gasteiger partial charge is 0.476 e. The van der Waals surface area contributed by atoms with Gasteiger partial charge in [-0.05, 0) is 51.4 Å². The first-order valence-corrected chi connectivity index (χ1v) is 11.1. The Morgan fingerprint density at radius 3 is 2.47 bits per heavy atom. The lowest BCUT2D eigenvalue weighted by Crippen LogP contribution is -2.17. The second-order valence-corrected chi connectivity index (χ2v) is 8.03. The molecule has 0 fully saturated rings. The molecule has 11 heteroatoms. The zero-order valence-corrected chi connectivity index (χ0v) is 20.3. The van der Waals surface area contributed by atoms with E-state index in [4.69, 9.17) is 14.2 Å². The van der Waals surface area contributed by atoms with Crippen LogP contribution in [-0.2, 0) is 11.3 Å². The summed E-state index contributed by atoms with van der Waals surface area (Å²) in [5, 5.41) is 12.2. The fourth-order valence-electron chi connectivity index (χ4n) is 3.98. The number of aromatic nitrogens is 3. The van der Waals surface area contributed by atoms with E-state index in [1.165, 1.54) is 7.11 Å². The summed E-state index contributed by atoms with van der Waals surface area (Å²) in [7, 11) is 5.10. The van der Waals surface area contributed by atoms with Crippen molar-refractivity contribution in [2.24, 2.45) is 0 Å². The van der Waals surface area contributed by atoms with Gasteiger partial charge in [0.05, 0.1) is 35.4 Å². The van der Waals surface area contributed by atoms with Crippen LogP contribution in [-0.4, -0.2) is 58.1 Å². The number of esters is 1. The monoisotopic (exact) mass is 491 g/mol. The van der Waals surface area contributed by atoms with Crippen molar-refractivity contribution in [2.45, 2.75) is 13.5 Å². The van der Waals surface area contributed by atoms with Gasteiger partial charge in [0.1, 0.15) is 12.1 Å². The molecule has 4 rings (SSSR count). The lowest BCUT2D eigenvalue weighted by Gasteiger charge is -2.16. The van der Waals surface area contributed by atoms with Crippen LogP contribution in [0, 0.1) is 10.1 Å². The van der Waals surface area contributed by atoms with Crippen LogP contribution < -0.4 is 9.47 Å². The highest BCUT2D eigenvalue weighted by Crippen LogP contribution is 2.38. The number of hydrogen-bond acceptors (Lipinski definition) is 9. The summed E-state index contributed by atoms with van der Waals surface area (Å²) in [6.07, 6.45) is 1.12. The molecule has 186 valence electrons. The Hall–Kier alpha value is -4.51. The molecule has 0 amide bonds. The maximum Gasteiger partial charge on any atom is 0.392 e. The Bertz CT molecular complexity index is 1420. The number of methoxy groups -OCH3 is 1.